The van der Waals surface area contributed by atoms with Crippen molar-refractivity contribution in [2.75, 3.05) is 26.2 Å². The van der Waals surface area contributed by atoms with Crippen LogP contribution in [0.2, 0.25) is 0 Å². The van der Waals surface area contributed by atoms with Gasteiger partial charge in [0.1, 0.15) is 0 Å². The first-order chi connectivity index (χ1) is 19.7. The summed E-state index contributed by atoms with van der Waals surface area (Å²) in [5, 5.41) is 0. The summed E-state index contributed by atoms with van der Waals surface area (Å²) in [5.41, 5.74) is 2.34. The number of fused-ring (bicyclic) bond motifs is 1. The Bertz CT molecular complexity index is 1230. The van der Waals surface area contributed by atoms with E-state index in [0.29, 0.717) is 13.1 Å². The maximum absolute atomic E-state index is 14.2. The van der Waals surface area contributed by atoms with E-state index in [2.05, 4.69) is 11.0 Å². The van der Waals surface area contributed by atoms with Gasteiger partial charge in [-0.3, -0.25) is 9.69 Å². The van der Waals surface area contributed by atoms with Crippen LogP contribution in [0.25, 0.3) is 6.08 Å². The number of carbonyl (C=O) groups is 1. The van der Waals surface area contributed by atoms with Crippen LogP contribution in [0.3, 0.4) is 0 Å². The summed E-state index contributed by atoms with van der Waals surface area (Å²) in [6, 6.07) is 13.2. The van der Waals surface area contributed by atoms with Crippen molar-refractivity contribution in [2.45, 2.75) is 84.2 Å². The molecule has 222 valence electrons. The summed E-state index contributed by atoms with van der Waals surface area (Å²) in [6.07, 6.45) is 10.7. The molecule has 2 aromatic rings. The zero-order chi connectivity index (χ0) is 29.0. The fourth-order valence-corrected chi connectivity index (χ4v) is 6.47. The molecule has 1 atom stereocenters. The number of halogens is 2. The molecule has 1 saturated carbocycles. The van der Waals surface area contributed by atoms with Gasteiger partial charge >= 0.3 is 6.61 Å². The minimum atomic E-state index is -3.06. The van der Waals surface area contributed by atoms with Crippen molar-refractivity contribution in [3.8, 4) is 17.2 Å². The van der Waals surface area contributed by atoms with Crippen molar-refractivity contribution >= 4 is 12.0 Å². The Balaban J connectivity index is 1.41. The molecule has 8 heteroatoms. The number of benzene rings is 2. The number of nitrogens with zero attached hydrogens (tertiary/aromatic N) is 2. The summed E-state index contributed by atoms with van der Waals surface area (Å²) < 4.78 is 43.0. The number of alkyl halides is 2. The second kappa shape index (κ2) is 12.8. The number of rotatable bonds is 10. The Morgan fingerprint density at radius 1 is 1.10 bits per heavy atom. The van der Waals surface area contributed by atoms with Crippen LogP contribution < -0.4 is 14.2 Å². The lowest BCUT2D eigenvalue weighted by Gasteiger charge is -2.34. The third-order valence-corrected chi connectivity index (χ3v) is 8.28. The SMILES string of the molecule is CC(=Cc1ccccc1)CN(C[C@@H]1CCCN1CC1CCCCC1)C(=O)c1cc(OC(F)F)c2c(c1)OC(C)(C)O2. The first kappa shape index (κ1) is 29.4. The zero-order valence-electron chi connectivity index (χ0n) is 24.4. The lowest BCUT2D eigenvalue weighted by atomic mass is 9.89. The van der Waals surface area contributed by atoms with Gasteiger partial charge in [-0.15, -0.1) is 0 Å². The van der Waals surface area contributed by atoms with Crippen molar-refractivity contribution < 1.29 is 27.8 Å². The molecule has 2 heterocycles. The molecule has 2 aromatic carbocycles. The van der Waals surface area contributed by atoms with Crippen LogP contribution in [0.4, 0.5) is 8.78 Å². The summed E-state index contributed by atoms with van der Waals surface area (Å²) in [4.78, 5) is 18.6. The molecule has 0 spiro atoms. The molecule has 1 aliphatic carbocycles. The van der Waals surface area contributed by atoms with Gasteiger partial charge in [-0.05, 0) is 62.8 Å². The predicted octanol–water partition coefficient (Wildman–Crippen LogP) is 7.39. The normalized spacial score (nSPS) is 20.9. The molecule has 1 amide bonds. The van der Waals surface area contributed by atoms with Crippen molar-refractivity contribution in [2.24, 2.45) is 5.92 Å². The molecule has 6 nitrogen and oxygen atoms in total. The minimum absolute atomic E-state index is 0.0907. The average Bonchev–Trinajstić information content (AvgIpc) is 3.50. The van der Waals surface area contributed by atoms with E-state index in [-0.39, 0.29) is 34.8 Å². The number of likely N-dealkylation sites (tertiary alicyclic amines) is 1. The highest BCUT2D eigenvalue weighted by Gasteiger charge is 2.37. The Labute approximate surface area is 242 Å². The van der Waals surface area contributed by atoms with Crippen LogP contribution in [-0.4, -0.2) is 60.3 Å². The molecule has 0 N–H and O–H groups in total. The van der Waals surface area contributed by atoms with Gasteiger partial charge in [0.2, 0.25) is 11.5 Å². The van der Waals surface area contributed by atoms with Gasteiger partial charge in [-0.25, -0.2) is 0 Å². The molecule has 1 saturated heterocycles. The molecule has 0 unspecified atom stereocenters. The fourth-order valence-electron chi connectivity index (χ4n) is 6.47. The molecule has 0 bridgehead atoms. The summed E-state index contributed by atoms with van der Waals surface area (Å²) in [7, 11) is 0. The van der Waals surface area contributed by atoms with E-state index in [9.17, 15) is 13.6 Å². The largest absolute Gasteiger partial charge is 0.449 e. The lowest BCUT2D eigenvalue weighted by molar-refractivity contribution is -0.0617. The number of amides is 1. The molecular weight excluding hydrogens is 526 g/mol. The van der Waals surface area contributed by atoms with E-state index in [1.54, 1.807) is 19.9 Å². The standard InChI is InChI=1S/C33H42F2N2O4/c1-23(17-24-11-6-4-7-12-24)20-37(22-27-15-10-16-36(27)21-25-13-8-5-9-14-25)31(38)26-18-28(39-32(34)35)30-29(19-26)40-33(2,3)41-30/h4,6-7,11-12,17-19,25,27,32H,5,8-10,13-16,20-22H2,1-3H3/t27-/m0/s1. The van der Waals surface area contributed by atoms with Gasteiger partial charge < -0.3 is 19.1 Å². The highest BCUT2D eigenvalue weighted by molar-refractivity contribution is 5.96. The number of ether oxygens (including phenoxy) is 3. The molecule has 41 heavy (non-hydrogen) atoms. The topological polar surface area (TPSA) is 51.2 Å². The van der Waals surface area contributed by atoms with E-state index in [1.807, 2.05) is 42.2 Å². The maximum Gasteiger partial charge on any atom is 0.387 e. The van der Waals surface area contributed by atoms with E-state index < -0.39 is 12.4 Å². The second-order valence-corrected chi connectivity index (χ2v) is 12.2. The Kier molecular flexibility index (Phi) is 9.17. The van der Waals surface area contributed by atoms with Crippen molar-refractivity contribution in [1.82, 2.24) is 9.80 Å². The van der Waals surface area contributed by atoms with Crippen LogP contribution in [0, 0.1) is 5.92 Å². The number of hydrogen-bond donors (Lipinski definition) is 0. The molecule has 0 radical (unpaired) electrons. The van der Waals surface area contributed by atoms with Crippen LogP contribution >= 0.6 is 0 Å². The van der Waals surface area contributed by atoms with Crippen LogP contribution in [-0.2, 0) is 0 Å². The molecule has 2 fully saturated rings. The molecule has 3 aliphatic rings. The Morgan fingerprint density at radius 2 is 1.85 bits per heavy atom. The van der Waals surface area contributed by atoms with Gasteiger partial charge in [0.15, 0.2) is 11.5 Å². The van der Waals surface area contributed by atoms with Gasteiger partial charge in [-0.2, -0.15) is 8.78 Å². The van der Waals surface area contributed by atoms with Gasteiger partial charge in [0, 0.05) is 45.1 Å². The van der Waals surface area contributed by atoms with Gasteiger partial charge in [0.05, 0.1) is 0 Å². The van der Waals surface area contributed by atoms with Crippen LogP contribution in [0.15, 0.2) is 48.0 Å². The number of hydrogen-bond acceptors (Lipinski definition) is 5. The van der Waals surface area contributed by atoms with Crippen LogP contribution in [0.1, 0.15) is 81.6 Å². The first-order valence-electron chi connectivity index (χ1n) is 14.9. The van der Waals surface area contributed by atoms with Crippen molar-refractivity contribution in [3.05, 3.63) is 59.2 Å². The van der Waals surface area contributed by atoms with Gasteiger partial charge in [-0.1, -0.05) is 61.2 Å². The van der Waals surface area contributed by atoms with E-state index in [0.717, 1.165) is 43.0 Å². The first-order valence-corrected chi connectivity index (χ1v) is 14.9. The number of carbonyl (C=O) groups excluding carboxylic acids is 1. The summed E-state index contributed by atoms with van der Waals surface area (Å²) >= 11 is 0. The molecule has 5 rings (SSSR count). The average molecular weight is 569 g/mol. The zero-order valence-corrected chi connectivity index (χ0v) is 24.4. The smallest absolute Gasteiger partial charge is 0.387 e. The van der Waals surface area contributed by atoms with Gasteiger partial charge in [0.25, 0.3) is 5.91 Å². The predicted molar refractivity (Wildman–Crippen MR) is 156 cm³/mol. The highest BCUT2D eigenvalue weighted by atomic mass is 19.3. The third kappa shape index (κ3) is 7.59. The fraction of sp³-hybridized carbons (Fsp3) is 0.545. The molecular formula is C33H42F2N2O4. The second-order valence-electron chi connectivity index (χ2n) is 12.2. The lowest BCUT2D eigenvalue weighted by Crippen LogP contribution is -2.45. The third-order valence-electron chi connectivity index (χ3n) is 8.28. The van der Waals surface area contributed by atoms with E-state index in [1.165, 1.54) is 38.2 Å². The summed E-state index contributed by atoms with van der Waals surface area (Å²) in [5.74, 6) is -0.448. The maximum atomic E-state index is 14.2. The molecule has 2 aliphatic heterocycles. The van der Waals surface area contributed by atoms with E-state index >= 15 is 0 Å². The quantitative estimate of drug-likeness (QED) is 0.299. The Morgan fingerprint density at radius 3 is 2.59 bits per heavy atom. The molecule has 0 aromatic heterocycles. The minimum Gasteiger partial charge on any atom is -0.449 e. The van der Waals surface area contributed by atoms with Crippen molar-refractivity contribution in [1.29, 1.82) is 0 Å². The highest BCUT2D eigenvalue weighted by Crippen LogP contribution is 2.47. The van der Waals surface area contributed by atoms with Crippen LogP contribution in [0.5, 0.6) is 17.2 Å². The van der Waals surface area contributed by atoms with E-state index in [4.69, 9.17) is 14.2 Å². The monoisotopic (exact) mass is 568 g/mol. The van der Waals surface area contributed by atoms with Crippen molar-refractivity contribution in [3.63, 3.8) is 0 Å². The summed E-state index contributed by atoms with van der Waals surface area (Å²) in [6.45, 7) is 5.45. The Hall–Kier alpha value is -3.13.